The van der Waals surface area contributed by atoms with Crippen LogP contribution in [-0.2, 0) is 24.0 Å². The molecule has 16 heteroatoms. The van der Waals surface area contributed by atoms with E-state index in [1.807, 2.05) is 23.6 Å². The number of aliphatic carboxylic acids is 1. The number of carbonyl (C=O) groups excluding carboxylic acids is 3. The van der Waals surface area contributed by atoms with Crippen LogP contribution in [0, 0.1) is 0 Å². The number of thioether (sulfide) groups is 3. The first kappa shape index (κ1) is 28.2. The van der Waals surface area contributed by atoms with E-state index in [-0.39, 0.29) is 28.3 Å². The van der Waals surface area contributed by atoms with Crippen LogP contribution >= 0.6 is 46.6 Å². The standard InChI is InChI=1S/C24H22N6O6S4/c31-12-26-24-27-16(11-40-24)17(29-36-15-9-38-10-15)20(32)28-18-21(33)30-19(23(34)35)14(8-39-22(18)30)7-37-5-3-13-2-1-4-25-6-13/h1-6,11-12,15,18,22H,7-10H2,(H,28,32)(H,34,35)(H,26,27,31)/t18?,22-/m0/s1. The highest BCUT2D eigenvalue weighted by Crippen LogP contribution is 2.41. The largest absolute Gasteiger partial charge is 0.477 e. The van der Waals surface area contributed by atoms with E-state index in [0.29, 0.717) is 23.5 Å². The summed E-state index contributed by atoms with van der Waals surface area (Å²) in [6, 6.07) is 2.79. The van der Waals surface area contributed by atoms with Crippen molar-refractivity contribution in [3.05, 3.63) is 57.8 Å². The lowest BCUT2D eigenvalue weighted by Crippen LogP contribution is -2.71. The van der Waals surface area contributed by atoms with E-state index < -0.39 is 29.2 Å². The Hall–Kier alpha value is -3.34. The Morgan fingerprint density at radius 3 is 2.90 bits per heavy atom. The fraction of sp³-hybridized carbons (Fsp3) is 0.292. The summed E-state index contributed by atoms with van der Waals surface area (Å²) in [6.07, 6.45) is 5.62. The summed E-state index contributed by atoms with van der Waals surface area (Å²) in [7, 11) is 0. The molecule has 2 fully saturated rings. The zero-order valence-electron chi connectivity index (χ0n) is 20.6. The highest BCUT2D eigenvalue weighted by molar-refractivity contribution is 8.02. The Morgan fingerprint density at radius 2 is 2.20 bits per heavy atom. The molecular formula is C24H22N6O6S4. The van der Waals surface area contributed by atoms with Gasteiger partial charge in [0.15, 0.2) is 10.8 Å². The molecule has 0 aliphatic carbocycles. The number of oxime groups is 1. The number of amides is 3. The summed E-state index contributed by atoms with van der Waals surface area (Å²) >= 11 is 5.60. The highest BCUT2D eigenvalue weighted by atomic mass is 32.2. The number of β-lactam (4-membered cyclic amide) rings is 1. The number of nitrogens with zero attached hydrogens (tertiary/aromatic N) is 4. The molecule has 3 amide bonds. The molecule has 3 N–H and O–H groups in total. The number of fused-ring (bicyclic) bond motifs is 1. The number of nitrogens with one attached hydrogen (secondary N) is 2. The van der Waals surface area contributed by atoms with E-state index in [1.165, 1.54) is 28.4 Å². The van der Waals surface area contributed by atoms with E-state index in [1.54, 1.807) is 29.5 Å². The number of rotatable bonds is 12. The minimum Gasteiger partial charge on any atom is -0.477 e. The maximum absolute atomic E-state index is 13.2. The lowest BCUT2D eigenvalue weighted by molar-refractivity contribution is -0.150. The zero-order valence-corrected chi connectivity index (χ0v) is 23.9. The highest BCUT2D eigenvalue weighted by Gasteiger charge is 2.54. The number of carboxylic acids is 1. The molecule has 2 saturated heterocycles. The summed E-state index contributed by atoms with van der Waals surface area (Å²) in [6.45, 7) is 0. The Balaban J connectivity index is 1.27. The van der Waals surface area contributed by atoms with Gasteiger partial charge in [0.2, 0.25) is 6.41 Å². The number of pyridine rings is 1. The molecule has 2 aromatic heterocycles. The van der Waals surface area contributed by atoms with Crippen molar-refractivity contribution in [1.82, 2.24) is 20.2 Å². The van der Waals surface area contributed by atoms with Gasteiger partial charge >= 0.3 is 5.97 Å². The molecule has 5 heterocycles. The van der Waals surface area contributed by atoms with Crippen LogP contribution in [0.25, 0.3) is 6.08 Å². The summed E-state index contributed by atoms with van der Waals surface area (Å²) in [4.78, 5) is 64.2. The topological polar surface area (TPSA) is 163 Å². The van der Waals surface area contributed by atoms with Gasteiger partial charge in [0.05, 0.1) is 0 Å². The first-order valence-electron chi connectivity index (χ1n) is 11.8. The van der Waals surface area contributed by atoms with Crippen LogP contribution in [0.15, 0.2) is 51.7 Å². The second kappa shape index (κ2) is 12.9. The Bertz CT molecular complexity index is 1390. The van der Waals surface area contributed by atoms with Crippen molar-refractivity contribution in [2.24, 2.45) is 5.16 Å². The van der Waals surface area contributed by atoms with Crippen LogP contribution in [0.1, 0.15) is 11.3 Å². The van der Waals surface area contributed by atoms with Gasteiger partial charge in [-0.25, -0.2) is 9.78 Å². The van der Waals surface area contributed by atoms with Crippen molar-refractivity contribution in [3.8, 4) is 0 Å². The number of thiazole rings is 1. The number of carboxylic acid groups (broad SMARTS) is 1. The quantitative estimate of drug-likeness (QED) is 0.138. The van der Waals surface area contributed by atoms with E-state index in [4.69, 9.17) is 4.84 Å². The molecule has 3 aliphatic rings. The van der Waals surface area contributed by atoms with Crippen molar-refractivity contribution < 1.29 is 29.1 Å². The Morgan fingerprint density at radius 1 is 1.35 bits per heavy atom. The maximum Gasteiger partial charge on any atom is 0.352 e. The predicted molar refractivity (Wildman–Crippen MR) is 156 cm³/mol. The van der Waals surface area contributed by atoms with Crippen molar-refractivity contribution in [3.63, 3.8) is 0 Å². The molecule has 2 atom stereocenters. The van der Waals surface area contributed by atoms with Crippen LogP contribution < -0.4 is 10.6 Å². The second-order valence-corrected chi connectivity index (χ2v) is 12.5. The van der Waals surface area contributed by atoms with Gasteiger partial charge in [0, 0.05) is 40.8 Å². The fourth-order valence-corrected chi connectivity index (χ4v) is 7.33. The number of anilines is 1. The van der Waals surface area contributed by atoms with E-state index in [0.717, 1.165) is 28.4 Å². The molecule has 5 rings (SSSR count). The predicted octanol–water partition coefficient (Wildman–Crippen LogP) is 2.09. The molecule has 2 aromatic rings. The third-order valence-electron chi connectivity index (χ3n) is 5.88. The van der Waals surface area contributed by atoms with Crippen molar-refractivity contribution >= 4 is 87.7 Å². The number of aromatic nitrogens is 2. The Labute approximate surface area is 245 Å². The fourth-order valence-electron chi connectivity index (χ4n) is 3.86. The van der Waals surface area contributed by atoms with E-state index in [9.17, 15) is 24.3 Å². The molecule has 12 nitrogen and oxygen atoms in total. The molecule has 0 saturated carbocycles. The molecule has 0 aromatic carbocycles. The normalized spacial score (nSPS) is 20.9. The minimum absolute atomic E-state index is 0.0506. The molecule has 0 spiro atoms. The van der Waals surface area contributed by atoms with Crippen molar-refractivity contribution in [1.29, 1.82) is 0 Å². The van der Waals surface area contributed by atoms with Gasteiger partial charge in [-0.05, 0) is 28.7 Å². The van der Waals surface area contributed by atoms with E-state index in [2.05, 4.69) is 25.8 Å². The third kappa shape index (κ3) is 6.19. The average molecular weight is 619 g/mol. The van der Waals surface area contributed by atoms with Crippen LogP contribution in [0.5, 0.6) is 0 Å². The third-order valence-corrected chi connectivity index (χ3v) is 10.1. The maximum atomic E-state index is 13.2. The minimum atomic E-state index is -1.19. The van der Waals surface area contributed by atoms with Gasteiger partial charge in [-0.3, -0.25) is 24.3 Å². The van der Waals surface area contributed by atoms with Gasteiger partial charge in [-0.15, -0.1) is 34.9 Å². The van der Waals surface area contributed by atoms with Crippen LogP contribution in [0.4, 0.5) is 5.13 Å². The van der Waals surface area contributed by atoms with Gasteiger partial charge in [0.25, 0.3) is 11.8 Å². The molecule has 0 bridgehead atoms. The first-order valence-corrected chi connectivity index (χ1v) is 16.0. The zero-order chi connectivity index (χ0) is 28.1. The molecule has 1 unspecified atom stereocenters. The van der Waals surface area contributed by atoms with Gasteiger partial charge in [-0.2, -0.15) is 11.8 Å². The van der Waals surface area contributed by atoms with Gasteiger partial charge < -0.3 is 20.6 Å². The number of hydrogen-bond donors (Lipinski definition) is 3. The Kier molecular flexibility index (Phi) is 9.08. The monoisotopic (exact) mass is 618 g/mol. The van der Waals surface area contributed by atoms with Crippen molar-refractivity contribution in [2.75, 3.05) is 28.3 Å². The average Bonchev–Trinajstić information content (AvgIpc) is 3.39. The smallest absolute Gasteiger partial charge is 0.352 e. The summed E-state index contributed by atoms with van der Waals surface area (Å²) < 4.78 is 0. The van der Waals surface area contributed by atoms with Crippen LogP contribution in [0.2, 0.25) is 0 Å². The summed E-state index contributed by atoms with van der Waals surface area (Å²) in [5.74, 6) is -0.120. The lowest BCUT2D eigenvalue weighted by atomic mass is 10.0. The first-order chi connectivity index (χ1) is 19.5. The number of carbonyl (C=O) groups is 4. The van der Waals surface area contributed by atoms with Crippen molar-refractivity contribution in [2.45, 2.75) is 17.5 Å². The summed E-state index contributed by atoms with van der Waals surface area (Å²) in [5.41, 5.74) is 1.55. The molecule has 40 heavy (non-hydrogen) atoms. The SMILES string of the molecule is O=CNc1nc(C(=NOC2CSC2)C(=O)NC2C(=O)N3C(C(=O)O)=C(CSC=Cc4cccnc4)CS[C@@H]23)cs1. The molecule has 3 aliphatic heterocycles. The van der Waals surface area contributed by atoms with E-state index >= 15 is 0 Å². The summed E-state index contributed by atoms with van der Waals surface area (Å²) in [5, 5.41) is 22.2. The number of hydrogen-bond acceptors (Lipinski definition) is 12. The van der Waals surface area contributed by atoms with Crippen LogP contribution in [0.3, 0.4) is 0 Å². The molecular weight excluding hydrogens is 597 g/mol. The van der Waals surface area contributed by atoms with Gasteiger partial charge in [-0.1, -0.05) is 11.2 Å². The van der Waals surface area contributed by atoms with Crippen LogP contribution in [-0.4, -0.2) is 90.4 Å². The molecule has 0 radical (unpaired) electrons. The second-order valence-electron chi connectivity index (χ2n) is 8.52. The molecule has 208 valence electrons. The lowest BCUT2D eigenvalue weighted by Gasteiger charge is -2.49. The van der Waals surface area contributed by atoms with Gasteiger partial charge in [0.1, 0.15) is 28.9 Å².